The third-order valence-electron chi connectivity index (χ3n) is 7.06. The molecule has 0 aliphatic heterocycles. The monoisotopic (exact) mass is 422 g/mol. The van der Waals surface area contributed by atoms with E-state index in [-0.39, 0.29) is 5.41 Å². The molecule has 0 fully saturated rings. The van der Waals surface area contributed by atoms with Crippen molar-refractivity contribution >= 4 is 11.0 Å². The molecular formula is C30H34N2. The Labute approximate surface area is 192 Å². The van der Waals surface area contributed by atoms with Crippen LogP contribution in [0.5, 0.6) is 0 Å². The fraction of sp³-hybridized carbons (Fsp3) is 0.333. The number of nitrogens with zero attached hydrogens (tertiary/aromatic N) is 2. The van der Waals surface area contributed by atoms with Gasteiger partial charge < -0.3 is 0 Å². The molecule has 0 radical (unpaired) electrons. The highest BCUT2D eigenvalue weighted by Gasteiger charge is 2.30. The number of benzene rings is 3. The summed E-state index contributed by atoms with van der Waals surface area (Å²) < 4.78 is 0. The number of aromatic nitrogens is 2. The van der Waals surface area contributed by atoms with Gasteiger partial charge in [0.25, 0.3) is 0 Å². The molecule has 4 aromatic rings. The third-order valence-corrected chi connectivity index (χ3v) is 7.06. The maximum Gasteiger partial charge on any atom is 0.0973 e. The molecule has 4 rings (SSSR count). The highest BCUT2D eigenvalue weighted by molar-refractivity contribution is 5.89. The Balaban J connectivity index is 2.11. The van der Waals surface area contributed by atoms with Crippen molar-refractivity contribution in [3.8, 4) is 22.5 Å². The quantitative estimate of drug-likeness (QED) is 0.323. The van der Waals surface area contributed by atoms with Crippen LogP contribution >= 0.6 is 0 Å². The van der Waals surface area contributed by atoms with Gasteiger partial charge in [0.15, 0.2) is 0 Å². The average molecular weight is 423 g/mol. The molecule has 1 heterocycles. The van der Waals surface area contributed by atoms with Crippen molar-refractivity contribution in [2.75, 3.05) is 0 Å². The molecule has 0 atom stereocenters. The third kappa shape index (κ3) is 3.83. The minimum Gasteiger partial charge on any atom is -0.244 e. The van der Waals surface area contributed by atoms with E-state index < -0.39 is 0 Å². The lowest BCUT2D eigenvalue weighted by molar-refractivity contribution is 0.368. The molecule has 2 nitrogen and oxygen atoms in total. The number of rotatable bonds is 5. The molecule has 0 bridgehead atoms. The Morgan fingerprint density at radius 3 is 1.69 bits per heavy atom. The van der Waals surface area contributed by atoms with Crippen molar-refractivity contribution < 1.29 is 0 Å². The van der Waals surface area contributed by atoms with E-state index in [9.17, 15) is 0 Å². The minimum absolute atomic E-state index is 0.0469. The second kappa shape index (κ2) is 8.50. The highest BCUT2D eigenvalue weighted by Crippen LogP contribution is 2.41. The second-order valence-corrected chi connectivity index (χ2v) is 10.0. The summed E-state index contributed by atoms with van der Waals surface area (Å²) in [6, 6.07) is 23.2. The predicted molar refractivity (Wildman–Crippen MR) is 137 cm³/mol. The molecule has 164 valence electrons. The van der Waals surface area contributed by atoms with Crippen molar-refractivity contribution in [3.63, 3.8) is 0 Å². The van der Waals surface area contributed by atoms with Crippen molar-refractivity contribution in [3.05, 3.63) is 83.4 Å². The molecule has 0 unspecified atom stereocenters. The molecule has 2 heteroatoms. The van der Waals surface area contributed by atoms with E-state index >= 15 is 0 Å². The first kappa shape index (κ1) is 22.2. The van der Waals surface area contributed by atoms with Crippen molar-refractivity contribution in [1.29, 1.82) is 0 Å². The summed E-state index contributed by atoms with van der Waals surface area (Å²) >= 11 is 0. The zero-order chi connectivity index (χ0) is 23.0. The van der Waals surface area contributed by atoms with E-state index in [2.05, 4.69) is 103 Å². The maximum atomic E-state index is 5.27. The first-order valence-corrected chi connectivity index (χ1v) is 11.7. The van der Waals surface area contributed by atoms with E-state index in [4.69, 9.17) is 9.97 Å². The lowest BCUT2D eigenvalue weighted by Gasteiger charge is -2.34. The Kier molecular flexibility index (Phi) is 5.90. The Morgan fingerprint density at radius 1 is 0.719 bits per heavy atom. The van der Waals surface area contributed by atoms with Gasteiger partial charge >= 0.3 is 0 Å². The zero-order valence-corrected chi connectivity index (χ0v) is 20.4. The Hall–Kier alpha value is -3.00. The molecule has 0 saturated heterocycles. The second-order valence-electron chi connectivity index (χ2n) is 10.0. The molecule has 32 heavy (non-hydrogen) atoms. The summed E-state index contributed by atoms with van der Waals surface area (Å²) in [6.45, 7) is 16.1. The molecule has 0 aliphatic carbocycles. The lowest BCUT2D eigenvalue weighted by Crippen LogP contribution is -2.27. The Bertz CT molecular complexity index is 1240. The first-order valence-electron chi connectivity index (χ1n) is 11.7. The van der Waals surface area contributed by atoms with Crippen LogP contribution in [0.15, 0.2) is 66.7 Å². The van der Waals surface area contributed by atoms with Gasteiger partial charge in [0.05, 0.1) is 22.4 Å². The highest BCUT2D eigenvalue weighted by atomic mass is 14.8. The molecule has 0 saturated carbocycles. The number of hydrogen-bond donors (Lipinski definition) is 0. The normalized spacial score (nSPS) is 12.2. The van der Waals surface area contributed by atoms with Gasteiger partial charge in [-0.15, -0.1) is 0 Å². The summed E-state index contributed by atoms with van der Waals surface area (Å²) in [5, 5.41) is 0. The summed E-state index contributed by atoms with van der Waals surface area (Å²) in [7, 11) is 0. The van der Waals surface area contributed by atoms with Gasteiger partial charge in [-0.25, -0.2) is 9.97 Å². The number of fused-ring (bicyclic) bond motifs is 1. The van der Waals surface area contributed by atoms with Crippen LogP contribution in [-0.2, 0) is 5.41 Å². The van der Waals surface area contributed by atoms with Gasteiger partial charge in [-0.3, -0.25) is 0 Å². The van der Waals surface area contributed by atoms with Gasteiger partial charge in [-0.05, 0) is 46.9 Å². The molecule has 1 aromatic heterocycles. The standard InChI is InChI=1S/C30H34N2/c1-19(2)26-21(5)27-25(18-24(26)30(6,7)20(3)4)31-28(22-14-10-8-11-15-22)29(32-27)23-16-12-9-13-17-23/h8-20H,1-7H3. The van der Waals surface area contributed by atoms with Crippen LogP contribution in [0.3, 0.4) is 0 Å². The van der Waals surface area contributed by atoms with Gasteiger partial charge in [0.1, 0.15) is 0 Å². The van der Waals surface area contributed by atoms with Crippen LogP contribution in [0, 0.1) is 12.8 Å². The maximum absolute atomic E-state index is 5.27. The van der Waals surface area contributed by atoms with E-state index in [0.717, 1.165) is 33.5 Å². The van der Waals surface area contributed by atoms with Crippen LogP contribution in [0.2, 0.25) is 0 Å². The molecule has 0 amide bonds. The van der Waals surface area contributed by atoms with Crippen LogP contribution in [0.1, 0.15) is 64.2 Å². The topological polar surface area (TPSA) is 25.8 Å². The molecule has 0 aliphatic rings. The summed E-state index contributed by atoms with van der Waals surface area (Å²) in [5.74, 6) is 0.935. The summed E-state index contributed by atoms with van der Waals surface area (Å²) in [6.07, 6.45) is 0. The van der Waals surface area contributed by atoms with Crippen molar-refractivity contribution in [2.45, 2.75) is 59.8 Å². The smallest absolute Gasteiger partial charge is 0.0973 e. The fourth-order valence-electron chi connectivity index (χ4n) is 4.55. The number of hydrogen-bond acceptors (Lipinski definition) is 2. The van der Waals surface area contributed by atoms with Crippen LogP contribution in [-0.4, -0.2) is 9.97 Å². The molecular weight excluding hydrogens is 388 g/mol. The van der Waals surface area contributed by atoms with E-state index in [1.165, 1.54) is 16.7 Å². The SMILES string of the molecule is Cc1c(C(C)C)c(C(C)(C)C(C)C)cc2nc(-c3ccccc3)c(-c3ccccc3)nc12. The summed E-state index contributed by atoms with van der Waals surface area (Å²) in [4.78, 5) is 10.5. The van der Waals surface area contributed by atoms with E-state index in [1.807, 2.05) is 12.1 Å². The summed E-state index contributed by atoms with van der Waals surface area (Å²) in [5.41, 5.74) is 10.2. The van der Waals surface area contributed by atoms with Crippen LogP contribution < -0.4 is 0 Å². The van der Waals surface area contributed by atoms with E-state index in [1.54, 1.807) is 0 Å². The molecule has 3 aromatic carbocycles. The average Bonchev–Trinajstić information content (AvgIpc) is 2.79. The van der Waals surface area contributed by atoms with Crippen molar-refractivity contribution in [1.82, 2.24) is 9.97 Å². The first-order chi connectivity index (χ1) is 15.2. The fourth-order valence-corrected chi connectivity index (χ4v) is 4.55. The van der Waals surface area contributed by atoms with Crippen LogP contribution in [0.4, 0.5) is 0 Å². The minimum atomic E-state index is 0.0469. The Morgan fingerprint density at radius 2 is 1.22 bits per heavy atom. The van der Waals surface area contributed by atoms with Crippen molar-refractivity contribution in [2.24, 2.45) is 5.92 Å². The van der Waals surface area contributed by atoms with Gasteiger partial charge in [-0.2, -0.15) is 0 Å². The van der Waals surface area contributed by atoms with E-state index in [0.29, 0.717) is 11.8 Å². The predicted octanol–water partition coefficient (Wildman–Crippen LogP) is 8.33. The number of aryl methyl sites for hydroxylation is 1. The van der Waals surface area contributed by atoms with Gasteiger partial charge in [0.2, 0.25) is 0 Å². The zero-order valence-electron chi connectivity index (χ0n) is 20.4. The lowest BCUT2D eigenvalue weighted by atomic mass is 9.71. The molecule has 0 spiro atoms. The molecule has 0 N–H and O–H groups in total. The largest absolute Gasteiger partial charge is 0.244 e. The van der Waals surface area contributed by atoms with Gasteiger partial charge in [-0.1, -0.05) is 102 Å². The van der Waals surface area contributed by atoms with Crippen LogP contribution in [0.25, 0.3) is 33.5 Å². The van der Waals surface area contributed by atoms with Gasteiger partial charge in [0, 0.05) is 11.1 Å².